The van der Waals surface area contributed by atoms with Crippen molar-refractivity contribution in [1.82, 2.24) is 0 Å². The second-order valence-corrected chi connectivity index (χ2v) is 3.24. The Kier molecular flexibility index (Phi) is 2.06. The molecular formula is C7H9NOS. The maximum Gasteiger partial charge on any atom is 0.0616 e. The molecule has 0 amide bonds. The molecule has 0 fully saturated rings. The molecule has 0 aliphatic rings. The summed E-state index contributed by atoms with van der Waals surface area (Å²) >= 11 is 0. The van der Waals surface area contributed by atoms with Gasteiger partial charge in [-0.3, -0.25) is 4.78 Å². The van der Waals surface area contributed by atoms with Crippen LogP contribution in [0.4, 0.5) is 0 Å². The molecule has 1 atom stereocenters. The summed E-state index contributed by atoms with van der Waals surface area (Å²) in [5, 5.41) is 0. The first-order chi connectivity index (χ1) is 4.70. The Hall–Kier alpha value is -0.830. The van der Waals surface area contributed by atoms with E-state index in [0.717, 1.165) is 5.56 Å². The minimum Gasteiger partial charge on any atom is -0.251 e. The molecule has 0 aromatic heterocycles. The largest absolute Gasteiger partial charge is 0.251 e. The van der Waals surface area contributed by atoms with Crippen LogP contribution in [0.5, 0.6) is 0 Å². The van der Waals surface area contributed by atoms with E-state index in [1.54, 1.807) is 12.1 Å². The summed E-state index contributed by atoms with van der Waals surface area (Å²) in [5.41, 5.74) is 1.13. The van der Waals surface area contributed by atoms with Gasteiger partial charge < -0.3 is 0 Å². The van der Waals surface area contributed by atoms with E-state index in [9.17, 15) is 4.21 Å². The van der Waals surface area contributed by atoms with E-state index in [0.29, 0.717) is 4.90 Å². The number of hydrogen-bond donors (Lipinski definition) is 2. The summed E-state index contributed by atoms with van der Waals surface area (Å²) in [5.74, 6) is 0. The summed E-state index contributed by atoms with van der Waals surface area (Å²) in [6, 6.07) is 7.16. The van der Waals surface area contributed by atoms with Gasteiger partial charge in [0.05, 0.1) is 10.6 Å². The van der Waals surface area contributed by atoms with Crippen molar-refractivity contribution in [2.24, 2.45) is 0 Å². The predicted molar refractivity (Wildman–Crippen MR) is 41.7 cm³/mol. The highest BCUT2D eigenvalue weighted by atomic mass is 32.2. The summed E-state index contributed by atoms with van der Waals surface area (Å²) in [6.07, 6.45) is 0. The topological polar surface area (TPSA) is 40.9 Å². The second kappa shape index (κ2) is 2.84. The molecule has 1 aromatic carbocycles. The maximum absolute atomic E-state index is 10.6. The molecular weight excluding hydrogens is 146 g/mol. The maximum atomic E-state index is 10.6. The van der Waals surface area contributed by atoms with Crippen LogP contribution in [0.25, 0.3) is 0 Å². The molecule has 10 heavy (non-hydrogen) atoms. The zero-order valence-electron chi connectivity index (χ0n) is 5.66. The van der Waals surface area contributed by atoms with Gasteiger partial charge in [-0.15, -0.1) is 0 Å². The van der Waals surface area contributed by atoms with Crippen molar-refractivity contribution >= 4 is 10.6 Å². The van der Waals surface area contributed by atoms with Crippen LogP contribution in [0.2, 0.25) is 0 Å². The van der Waals surface area contributed by atoms with Gasteiger partial charge in [0.25, 0.3) is 0 Å². The van der Waals surface area contributed by atoms with Gasteiger partial charge in [0.15, 0.2) is 0 Å². The molecule has 1 N–H and O–H groups in total. The molecule has 1 rings (SSSR count). The molecule has 1 unspecified atom stereocenters. The minimum absolute atomic E-state index is 0.598. The Labute approximate surface area is 61.9 Å². The molecule has 0 saturated heterocycles. The monoisotopic (exact) mass is 155 g/mol. The number of aryl methyl sites for hydroxylation is 1. The molecule has 0 aliphatic carbocycles. The molecule has 2 nitrogen and oxygen atoms in total. The van der Waals surface area contributed by atoms with E-state index >= 15 is 0 Å². The van der Waals surface area contributed by atoms with Crippen LogP contribution in [0.1, 0.15) is 5.56 Å². The van der Waals surface area contributed by atoms with Crippen LogP contribution >= 0.6 is 0 Å². The van der Waals surface area contributed by atoms with Crippen molar-refractivity contribution in [1.29, 1.82) is 4.78 Å². The normalized spacial score (nSPS) is 12.9. The SMILES string of the molecule is Cc1ccc([SH](=N)=O)cc1. The summed E-state index contributed by atoms with van der Waals surface area (Å²) in [6.45, 7) is 1.96. The zero-order valence-corrected chi connectivity index (χ0v) is 6.56. The van der Waals surface area contributed by atoms with E-state index in [1.165, 1.54) is 0 Å². The van der Waals surface area contributed by atoms with Crippen molar-refractivity contribution < 1.29 is 4.21 Å². The van der Waals surface area contributed by atoms with Crippen molar-refractivity contribution in [3.05, 3.63) is 29.8 Å². The molecule has 0 saturated carbocycles. The van der Waals surface area contributed by atoms with Gasteiger partial charge in [0.1, 0.15) is 0 Å². The Balaban J connectivity index is 3.12. The fourth-order valence-corrected chi connectivity index (χ4v) is 1.10. The number of rotatable bonds is 1. The van der Waals surface area contributed by atoms with Gasteiger partial charge in [-0.2, -0.15) is 0 Å². The molecule has 0 spiro atoms. The number of thiol groups is 1. The fraction of sp³-hybridized carbons (Fsp3) is 0.143. The molecule has 0 heterocycles. The average molecular weight is 155 g/mol. The van der Waals surface area contributed by atoms with Crippen LogP contribution < -0.4 is 0 Å². The molecule has 0 radical (unpaired) electrons. The van der Waals surface area contributed by atoms with Gasteiger partial charge in [0, 0.05) is 4.90 Å². The van der Waals surface area contributed by atoms with Crippen molar-refractivity contribution in [2.45, 2.75) is 11.8 Å². The first-order valence-electron chi connectivity index (χ1n) is 2.95. The number of nitrogens with one attached hydrogen (secondary N) is 1. The smallest absolute Gasteiger partial charge is 0.0616 e. The molecule has 1 aromatic rings. The van der Waals surface area contributed by atoms with Crippen LogP contribution in [0.3, 0.4) is 0 Å². The van der Waals surface area contributed by atoms with Crippen LogP contribution in [0, 0.1) is 11.7 Å². The van der Waals surface area contributed by atoms with E-state index in [4.69, 9.17) is 4.78 Å². The summed E-state index contributed by atoms with van der Waals surface area (Å²) in [7, 11) is -1.91. The van der Waals surface area contributed by atoms with E-state index < -0.39 is 10.6 Å². The van der Waals surface area contributed by atoms with Gasteiger partial charge in [-0.1, -0.05) is 17.7 Å². The Bertz CT molecular complexity index is 279. The third-order valence-electron chi connectivity index (χ3n) is 1.27. The Morgan fingerprint density at radius 2 is 1.80 bits per heavy atom. The van der Waals surface area contributed by atoms with Crippen LogP contribution in [-0.2, 0) is 10.6 Å². The number of benzene rings is 1. The van der Waals surface area contributed by atoms with Crippen molar-refractivity contribution in [3.8, 4) is 0 Å². The Morgan fingerprint density at radius 1 is 1.30 bits per heavy atom. The molecule has 0 bridgehead atoms. The van der Waals surface area contributed by atoms with Gasteiger partial charge in [0.2, 0.25) is 0 Å². The van der Waals surface area contributed by atoms with Crippen molar-refractivity contribution in [3.63, 3.8) is 0 Å². The third-order valence-corrected chi connectivity index (χ3v) is 2.04. The highest BCUT2D eigenvalue weighted by Crippen LogP contribution is 2.03. The lowest BCUT2D eigenvalue weighted by Crippen LogP contribution is -1.77. The fourth-order valence-electron chi connectivity index (χ4n) is 0.680. The summed E-state index contributed by atoms with van der Waals surface area (Å²) in [4.78, 5) is 0.598. The lowest BCUT2D eigenvalue weighted by molar-refractivity contribution is 0.687. The standard InChI is InChI=1S/C7H9NOS/c1-6-2-4-7(5-3-6)10(8)9/h2-5,8,10H,1H3. The van der Waals surface area contributed by atoms with Gasteiger partial charge in [-0.05, 0) is 19.1 Å². The quantitative estimate of drug-likeness (QED) is 0.594. The lowest BCUT2D eigenvalue weighted by atomic mass is 10.2. The molecule has 54 valence electrons. The number of hydrogen-bond acceptors (Lipinski definition) is 2. The van der Waals surface area contributed by atoms with E-state index in [2.05, 4.69) is 0 Å². The highest BCUT2D eigenvalue weighted by molar-refractivity contribution is 7.73. The average Bonchev–Trinajstić information content (AvgIpc) is 1.88. The van der Waals surface area contributed by atoms with E-state index in [1.807, 2.05) is 19.1 Å². The first-order valence-corrected chi connectivity index (χ1v) is 4.21. The Morgan fingerprint density at radius 3 is 2.20 bits per heavy atom. The third kappa shape index (κ3) is 1.57. The zero-order chi connectivity index (χ0) is 7.56. The van der Waals surface area contributed by atoms with Crippen LogP contribution in [-0.4, -0.2) is 4.21 Å². The van der Waals surface area contributed by atoms with Crippen LogP contribution in [0.15, 0.2) is 29.2 Å². The predicted octanol–water partition coefficient (Wildman–Crippen LogP) is 1.60. The first kappa shape index (κ1) is 7.28. The molecule has 0 aliphatic heterocycles. The van der Waals surface area contributed by atoms with Gasteiger partial charge >= 0.3 is 0 Å². The lowest BCUT2D eigenvalue weighted by Gasteiger charge is -1.91. The second-order valence-electron chi connectivity index (χ2n) is 2.13. The molecule has 3 heteroatoms. The minimum atomic E-state index is -1.91. The van der Waals surface area contributed by atoms with Gasteiger partial charge in [-0.25, -0.2) is 4.21 Å². The van der Waals surface area contributed by atoms with Crippen molar-refractivity contribution in [2.75, 3.05) is 0 Å². The highest BCUT2D eigenvalue weighted by Gasteiger charge is 1.88. The summed E-state index contributed by atoms with van der Waals surface area (Å²) < 4.78 is 17.5. The van der Waals surface area contributed by atoms with E-state index in [-0.39, 0.29) is 0 Å².